The number of carbonyl (C=O) groups excluding carboxylic acids is 1. The zero-order valence-electron chi connectivity index (χ0n) is 18.1. The zero-order chi connectivity index (χ0) is 21.3. The van der Waals surface area contributed by atoms with Gasteiger partial charge in [0.2, 0.25) is 5.91 Å². The van der Waals surface area contributed by atoms with E-state index in [4.69, 9.17) is 14.2 Å². The number of rotatable bonds is 10. The van der Waals surface area contributed by atoms with Crippen molar-refractivity contribution in [3.05, 3.63) is 53.6 Å². The average Bonchev–Trinajstić information content (AvgIpc) is 3.32. The van der Waals surface area contributed by atoms with E-state index in [1.54, 1.807) is 21.3 Å². The first-order valence-corrected chi connectivity index (χ1v) is 10.5. The molecule has 6 nitrogen and oxygen atoms in total. The maximum absolute atomic E-state index is 12.6. The molecule has 1 amide bonds. The van der Waals surface area contributed by atoms with Gasteiger partial charge in [0.15, 0.2) is 0 Å². The molecule has 1 atom stereocenters. The van der Waals surface area contributed by atoms with Crippen LogP contribution in [0.2, 0.25) is 0 Å². The summed E-state index contributed by atoms with van der Waals surface area (Å²) < 4.78 is 16.2. The Morgan fingerprint density at radius 1 is 1.00 bits per heavy atom. The Hall–Kier alpha value is -2.73. The van der Waals surface area contributed by atoms with Gasteiger partial charge in [0.05, 0.1) is 27.4 Å². The average molecular weight is 413 g/mol. The Bertz CT molecular complexity index is 811. The van der Waals surface area contributed by atoms with Crippen LogP contribution in [0.4, 0.5) is 0 Å². The highest BCUT2D eigenvalue weighted by Gasteiger charge is 2.26. The number of hydrogen-bond donors (Lipinski definition) is 1. The van der Waals surface area contributed by atoms with Crippen LogP contribution in [-0.2, 0) is 11.2 Å². The van der Waals surface area contributed by atoms with E-state index >= 15 is 0 Å². The van der Waals surface area contributed by atoms with Gasteiger partial charge in [0, 0.05) is 24.6 Å². The van der Waals surface area contributed by atoms with Crippen molar-refractivity contribution in [2.75, 3.05) is 41.0 Å². The van der Waals surface area contributed by atoms with Crippen LogP contribution in [0.3, 0.4) is 0 Å². The number of nitrogens with zero attached hydrogens (tertiary/aromatic N) is 1. The molecule has 3 rings (SSSR count). The molecule has 1 heterocycles. The molecule has 1 N–H and O–H groups in total. The maximum Gasteiger partial charge on any atom is 0.220 e. The summed E-state index contributed by atoms with van der Waals surface area (Å²) in [5.41, 5.74) is 2.14. The summed E-state index contributed by atoms with van der Waals surface area (Å²) >= 11 is 0. The maximum atomic E-state index is 12.6. The van der Waals surface area contributed by atoms with E-state index in [0.717, 1.165) is 41.5 Å². The smallest absolute Gasteiger partial charge is 0.220 e. The molecule has 162 valence electrons. The lowest BCUT2D eigenvalue weighted by Crippen LogP contribution is -2.37. The largest absolute Gasteiger partial charge is 0.497 e. The first kappa shape index (κ1) is 22.0. The lowest BCUT2D eigenvalue weighted by atomic mass is 10.0. The number of carbonyl (C=O) groups is 1. The summed E-state index contributed by atoms with van der Waals surface area (Å²) in [5.74, 6) is 2.37. The highest BCUT2D eigenvalue weighted by atomic mass is 16.5. The van der Waals surface area contributed by atoms with Crippen LogP contribution < -0.4 is 19.5 Å². The van der Waals surface area contributed by atoms with Gasteiger partial charge in [-0.25, -0.2) is 0 Å². The van der Waals surface area contributed by atoms with Crippen LogP contribution in [0.1, 0.15) is 36.4 Å². The minimum Gasteiger partial charge on any atom is -0.497 e. The van der Waals surface area contributed by atoms with Crippen molar-refractivity contribution in [2.24, 2.45) is 0 Å². The Morgan fingerprint density at radius 3 is 2.30 bits per heavy atom. The van der Waals surface area contributed by atoms with Crippen LogP contribution in [-0.4, -0.2) is 51.8 Å². The Morgan fingerprint density at radius 2 is 1.67 bits per heavy atom. The van der Waals surface area contributed by atoms with E-state index in [-0.39, 0.29) is 11.9 Å². The molecule has 1 aliphatic rings. The monoisotopic (exact) mass is 412 g/mol. The predicted molar refractivity (Wildman–Crippen MR) is 117 cm³/mol. The molecular weight excluding hydrogens is 380 g/mol. The third kappa shape index (κ3) is 5.66. The fraction of sp³-hybridized carbons (Fsp3) is 0.458. The van der Waals surface area contributed by atoms with Gasteiger partial charge in [-0.2, -0.15) is 0 Å². The lowest BCUT2D eigenvalue weighted by molar-refractivity contribution is -0.121. The highest BCUT2D eigenvalue weighted by molar-refractivity contribution is 5.76. The Kier molecular flexibility index (Phi) is 7.97. The molecule has 1 unspecified atom stereocenters. The lowest BCUT2D eigenvalue weighted by Gasteiger charge is -2.29. The molecular formula is C24H32N2O4. The van der Waals surface area contributed by atoms with Crippen molar-refractivity contribution < 1.29 is 19.0 Å². The van der Waals surface area contributed by atoms with Crippen LogP contribution in [0, 0.1) is 0 Å². The number of aryl methyl sites for hydroxylation is 1. The summed E-state index contributed by atoms with van der Waals surface area (Å²) in [7, 11) is 4.95. The number of nitrogens with one attached hydrogen (secondary N) is 1. The second-order valence-corrected chi connectivity index (χ2v) is 7.53. The van der Waals surface area contributed by atoms with Crippen LogP contribution >= 0.6 is 0 Å². The van der Waals surface area contributed by atoms with Crippen molar-refractivity contribution in [1.82, 2.24) is 10.2 Å². The van der Waals surface area contributed by atoms with Crippen molar-refractivity contribution in [3.8, 4) is 17.2 Å². The second kappa shape index (κ2) is 10.9. The molecule has 0 bridgehead atoms. The first-order chi connectivity index (χ1) is 14.6. The van der Waals surface area contributed by atoms with Gasteiger partial charge in [-0.1, -0.05) is 18.2 Å². The molecule has 2 aromatic carbocycles. The Balaban J connectivity index is 1.62. The van der Waals surface area contributed by atoms with Crippen LogP contribution in [0.25, 0.3) is 0 Å². The van der Waals surface area contributed by atoms with Crippen LogP contribution in [0.15, 0.2) is 42.5 Å². The van der Waals surface area contributed by atoms with E-state index in [1.807, 2.05) is 36.4 Å². The van der Waals surface area contributed by atoms with Crippen molar-refractivity contribution in [3.63, 3.8) is 0 Å². The molecule has 6 heteroatoms. The van der Waals surface area contributed by atoms with Crippen molar-refractivity contribution in [2.45, 2.75) is 31.7 Å². The highest BCUT2D eigenvalue weighted by Crippen LogP contribution is 2.31. The molecule has 2 aromatic rings. The van der Waals surface area contributed by atoms with E-state index in [1.165, 1.54) is 12.8 Å². The SMILES string of the molecule is COc1cc(CCC(=O)NCC(c2ccccc2OC)N2CCCC2)cc(OC)c1. The number of ether oxygens (including phenoxy) is 3. The first-order valence-electron chi connectivity index (χ1n) is 10.5. The molecule has 1 fully saturated rings. The van der Waals surface area contributed by atoms with Crippen molar-refractivity contribution in [1.29, 1.82) is 0 Å². The van der Waals surface area contributed by atoms with Gasteiger partial charge < -0.3 is 19.5 Å². The van der Waals surface area contributed by atoms with Crippen LogP contribution in [0.5, 0.6) is 17.2 Å². The minimum atomic E-state index is 0.0379. The third-order valence-electron chi connectivity index (χ3n) is 5.62. The minimum absolute atomic E-state index is 0.0379. The van der Waals surface area contributed by atoms with Gasteiger partial charge in [0.25, 0.3) is 0 Å². The fourth-order valence-electron chi connectivity index (χ4n) is 4.00. The Labute approximate surface area is 179 Å². The van der Waals surface area contributed by atoms with E-state index < -0.39 is 0 Å². The van der Waals surface area contributed by atoms with Gasteiger partial charge in [-0.05, 0) is 56.1 Å². The molecule has 0 aromatic heterocycles. The number of amides is 1. The van der Waals surface area contributed by atoms with Gasteiger partial charge in [-0.15, -0.1) is 0 Å². The second-order valence-electron chi connectivity index (χ2n) is 7.53. The molecule has 1 saturated heterocycles. The van der Waals surface area contributed by atoms with E-state index in [2.05, 4.69) is 16.3 Å². The number of hydrogen-bond acceptors (Lipinski definition) is 5. The van der Waals surface area contributed by atoms with Crippen molar-refractivity contribution >= 4 is 5.91 Å². The standard InChI is InChI=1S/C24H32N2O4/c1-28-19-14-18(15-20(16-19)29-2)10-11-24(27)25-17-22(26-12-6-7-13-26)21-8-4-5-9-23(21)30-3/h4-5,8-9,14-16,22H,6-7,10-13,17H2,1-3H3,(H,25,27). The molecule has 0 saturated carbocycles. The summed E-state index contributed by atoms with van der Waals surface area (Å²) in [6.07, 6.45) is 3.42. The fourth-order valence-corrected chi connectivity index (χ4v) is 4.00. The quantitative estimate of drug-likeness (QED) is 0.646. The number of benzene rings is 2. The number of methoxy groups -OCH3 is 3. The van der Waals surface area contributed by atoms with Gasteiger partial charge in [-0.3, -0.25) is 9.69 Å². The van der Waals surface area contributed by atoms with Gasteiger partial charge >= 0.3 is 0 Å². The normalized spacial score (nSPS) is 14.9. The molecule has 0 aliphatic carbocycles. The number of para-hydroxylation sites is 1. The molecule has 30 heavy (non-hydrogen) atoms. The van der Waals surface area contributed by atoms with E-state index in [0.29, 0.717) is 19.4 Å². The predicted octanol–water partition coefficient (Wildman–Crippen LogP) is 3.60. The summed E-state index contributed by atoms with van der Waals surface area (Å²) in [5, 5.41) is 3.14. The molecule has 0 radical (unpaired) electrons. The summed E-state index contributed by atoms with van der Waals surface area (Å²) in [4.78, 5) is 15.0. The summed E-state index contributed by atoms with van der Waals surface area (Å²) in [6.45, 7) is 2.66. The van der Waals surface area contributed by atoms with E-state index in [9.17, 15) is 4.79 Å². The topological polar surface area (TPSA) is 60.0 Å². The third-order valence-corrected chi connectivity index (χ3v) is 5.62. The summed E-state index contributed by atoms with van der Waals surface area (Å²) in [6, 6.07) is 13.9. The number of likely N-dealkylation sites (tertiary alicyclic amines) is 1. The molecule has 1 aliphatic heterocycles. The molecule has 0 spiro atoms. The van der Waals surface area contributed by atoms with Gasteiger partial charge in [0.1, 0.15) is 17.2 Å². The zero-order valence-corrected chi connectivity index (χ0v) is 18.1.